The third-order valence-electron chi connectivity index (χ3n) is 2.66. The first-order valence-electron chi connectivity index (χ1n) is 4.60. The molecule has 76 valence electrons. The fourth-order valence-corrected chi connectivity index (χ4v) is 1.80. The molecular weight excluding hydrogens is 170 g/mol. The molecule has 1 heterocycles. The van der Waals surface area contributed by atoms with Gasteiger partial charge in [-0.05, 0) is 12.3 Å². The van der Waals surface area contributed by atoms with Crippen LogP contribution in [0.3, 0.4) is 0 Å². The van der Waals surface area contributed by atoms with Crippen molar-refractivity contribution in [3.05, 3.63) is 0 Å². The Morgan fingerprint density at radius 1 is 1.69 bits per heavy atom. The zero-order valence-electron chi connectivity index (χ0n) is 8.19. The van der Waals surface area contributed by atoms with Gasteiger partial charge in [0.05, 0.1) is 12.6 Å². The highest BCUT2D eigenvalue weighted by Gasteiger charge is 2.33. The van der Waals surface area contributed by atoms with Gasteiger partial charge in [0.2, 0.25) is 5.91 Å². The van der Waals surface area contributed by atoms with Crippen molar-refractivity contribution in [2.24, 2.45) is 5.92 Å². The molecule has 0 aromatic heterocycles. The first-order valence-corrected chi connectivity index (χ1v) is 4.60. The summed E-state index contributed by atoms with van der Waals surface area (Å²) in [6.07, 6.45) is 0.973. The quantitative estimate of drug-likeness (QED) is 0.669. The minimum absolute atomic E-state index is 0.0114. The molecule has 0 radical (unpaired) electrons. The summed E-state index contributed by atoms with van der Waals surface area (Å²) in [5.41, 5.74) is 0. The van der Waals surface area contributed by atoms with E-state index in [0.29, 0.717) is 5.92 Å². The van der Waals surface area contributed by atoms with Crippen LogP contribution in [0.2, 0.25) is 0 Å². The number of rotatable bonds is 3. The molecule has 13 heavy (non-hydrogen) atoms. The molecule has 1 saturated heterocycles. The first-order chi connectivity index (χ1) is 6.20. The van der Waals surface area contributed by atoms with Gasteiger partial charge in [0.1, 0.15) is 6.61 Å². The van der Waals surface area contributed by atoms with Gasteiger partial charge < -0.3 is 14.7 Å². The van der Waals surface area contributed by atoms with Crippen LogP contribution in [0, 0.1) is 5.92 Å². The monoisotopic (exact) mass is 187 g/mol. The van der Waals surface area contributed by atoms with Gasteiger partial charge >= 0.3 is 0 Å². The van der Waals surface area contributed by atoms with Crippen molar-refractivity contribution in [1.82, 2.24) is 4.90 Å². The Balaban J connectivity index is 2.54. The van der Waals surface area contributed by atoms with Gasteiger partial charge in [0.15, 0.2) is 0 Å². The molecule has 1 fully saturated rings. The van der Waals surface area contributed by atoms with E-state index in [0.717, 1.165) is 13.0 Å². The Morgan fingerprint density at radius 2 is 2.38 bits per heavy atom. The number of hydrogen-bond acceptors (Lipinski definition) is 3. The Hall–Kier alpha value is -0.610. The summed E-state index contributed by atoms with van der Waals surface area (Å²) in [5.74, 6) is 0.372. The van der Waals surface area contributed by atoms with E-state index < -0.39 is 0 Å². The van der Waals surface area contributed by atoms with Gasteiger partial charge in [0, 0.05) is 13.7 Å². The smallest absolute Gasteiger partial charge is 0.248 e. The van der Waals surface area contributed by atoms with E-state index in [1.54, 1.807) is 4.90 Å². The van der Waals surface area contributed by atoms with Gasteiger partial charge in [-0.2, -0.15) is 0 Å². The molecule has 1 aliphatic heterocycles. The van der Waals surface area contributed by atoms with Gasteiger partial charge in [-0.25, -0.2) is 0 Å². The Labute approximate surface area is 78.5 Å². The summed E-state index contributed by atoms with van der Waals surface area (Å²) in [4.78, 5) is 13.2. The number of ether oxygens (including phenoxy) is 1. The summed E-state index contributed by atoms with van der Waals surface area (Å²) >= 11 is 0. The summed E-state index contributed by atoms with van der Waals surface area (Å²) < 4.78 is 4.77. The highest BCUT2D eigenvalue weighted by atomic mass is 16.5. The zero-order chi connectivity index (χ0) is 9.84. The van der Waals surface area contributed by atoms with Gasteiger partial charge in [-0.15, -0.1) is 0 Å². The normalized spacial score (nSPS) is 28.1. The molecule has 0 spiro atoms. The minimum atomic E-state index is -0.0223. The van der Waals surface area contributed by atoms with Gasteiger partial charge in [-0.3, -0.25) is 4.79 Å². The highest BCUT2D eigenvalue weighted by Crippen LogP contribution is 2.23. The van der Waals surface area contributed by atoms with Crippen molar-refractivity contribution in [1.29, 1.82) is 0 Å². The molecule has 1 aliphatic rings. The molecule has 2 unspecified atom stereocenters. The predicted octanol–water partition coefficient (Wildman–Crippen LogP) is -0.138. The number of carbonyl (C=O) groups excluding carboxylic acids is 1. The maximum absolute atomic E-state index is 11.4. The standard InChI is InChI=1S/C9H17NO3/c1-7-3-4-10(8(7)5-11)9(12)6-13-2/h7-8,11H,3-6H2,1-2H3. The number of nitrogens with zero attached hydrogens (tertiary/aromatic N) is 1. The fraction of sp³-hybridized carbons (Fsp3) is 0.889. The SMILES string of the molecule is COCC(=O)N1CCC(C)C1CO. The lowest BCUT2D eigenvalue weighted by molar-refractivity contribution is -0.137. The molecule has 0 aliphatic carbocycles. The predicted molar refractivity (Wildman–Crippen MR) is 48.2 cm³/mol. The van der Waals surface area contributed by atoms with Crippen LogP contribution in [0.1, 0.15) is 13.3 Å². The van der Waals surface area contributed by atoms with Crippen LogP contribution < -0.4 is 0 Å². The van der Waals surface area contributed by atoms with Crippen molar-refractivity contribution < 1.29 is 14.6 Å². The lowest BCUT2D eigenvalue weighted by Crippen LogP contribution is -2.41. The van der Waals surface area contributed by atoms with E-state index in [4.69, 9.17) is 9.84 Å². The van der Waals surface area contributed by atoms with Crippen LogP contribution in [0.25, 0.3) is 0 Å². The molecule has 0 aromatic carbocycles. The second-order valence-electron chi connectivity index (χ2n) is 3.54. The highest BCUT2D eigenvalue weighted by molar-refractivity contribution is 5.78. The van der Waals surface area contributed by atoms with E-state index in [2.05, 4.69) is 6.92 Å². The molecule has 1 N–H and O–H groups in total. The average Bonchev–Trinajstić information content (AvgIpc) is 2.47. The van der Waals surface area contributed by atoms with Crippen LogP contribution in [0.4, 0.5) is 0 Å². The molecule has 1 rings (SSSR count). The van der Waals surface area contributed by atoms with E-state index >= 15 is 0 Å². The number of likely N-dealkylation sites (tertiary alicyclic amines) is 1. The first kappa shape index (κ1) is 10.5. The minimum Gasteiger partial charge on any atom is -0.394 e. The third kappa shape index (κ3) is 2.19. The lowest BCUT2D eigenvalue weighted by Gasteiger charge is -2.24. The van der Waals surface area contributed by atoms with E-state index in [1.165, 1.54) is 7.11 Å². The number of amides is 1. The van der Waals surface area contributed by atoms with E-state index in [1.807, 2.05) is 0 Å². The molecule has 0 bridgehead atoms. The summed E-state index contributed by atoms with van der Waals surface area (Å²) in [5, 5.41) is 9.09. The van der Waals surface area contributed by atoms with Crippen LogP contribution in [0.15, 0.2) is 0 Å². The third-order valence-corrected chi connectivity index (χ3v) is 2.66. The molecule has 0 aromatic rings. The van der Waals surface area contributed by atoms with Crippen molar-refractivity contribution in [3.63, 3.8) is 0 Å². The average molecular weight is 187 g/mol. The zero-order valence-corrected chi connectivity index (χ0v) is 8.19. The summed E-state index contributed by atoms with van der Waals surface area (Å²) in [6, 6.07) is -0.0114. The number of methoxy groups -OCH3 is 1. The molecule has 2 atom stereocenters. The fourth-order valence-electron chi connectivity index (χ4n) is 1.80. The van der Waals surface area contributed by atoms with Crippen molar-refractivity contribution >= 4 is 5.91 Å². The van der Waals surface area contributed by atoms with Crippen LogP contribution in [-0.2, 0) is 9.53 Å². The number of carbonyl (C=O) groups is 1. The number of hydrogen-bond donors (Lipinski definition) is 1. The largest absolute Gasteiger partial charge is 0.394 e. The van der Waals surface area contributed by atoms with Crippen LogP contribution >= 0.6 is 0 Å². The topological polar surface area (TPSA) is 49.8 Å². The maximum atomic E-state index is 11.4. The Bertz CT molecular complexity index is 184. The summed E-state index contributed by atoms with van der Waals surface area (Å²) in [7, 11) is 1.51. The van der Waals surface area contributed by atoms with Crippen molar-refractivity contribution in [3.8, 4) is 0 Å². The van der Waals surface area contributed by atoms with E-state index in [9.17, 15) is 4.79 Å². The van der Waals surface area contributed by atoms with Gasteiger partial charge in [0.25, 0.3) is 0 Å². The van der Waals surface area contributed by atoms with Crippen molar-refractivity contribution in [2.75, 3.05) is 26.9 Å². The lowest BCUT2D eigenvalue weighted by atomic mass is 10.0. The number of aliphatic hydroxyl groups is 1. The maximum Gasteiger partial charge on any atom is 0.248 e. The molecule has 4 nitrogen and oxygen atoms in total. The Kier molecular flexibility index (Phi) is 3.69. The van der Waals surface area contributed by atoms with E-state index in [-0.39, 0.29) is 25.2 Å². The molecule has 0 saturated carbocycles. The molecular formula is C9H17NO3. The van der Waals surface area contributed by atoms with Gasteiger partial charge in [-0.1, -0.05) is 6.92 Å². The Morgan fingerprint density at radius 3 is 2.92 bits per heavy atom. The van der Waals surface area contributed by atoms with Crippen molar-refractivity contribution in [2.45, 2.75) is 19.4 Å². The molecule has 1 amide bonds. The number of aliphatic hydroxyl groups excluding tert-OH is 1. The second-order valence-corrected chi connectivity index (χ2v) is 3.54. The van der Waals surface area contributed by atoms with Crippen LogP contribution in [0.5, 0.6) is 0 Å². The second kappa shape index (κ2) is 4.58. The molecule has 4 heteroatoms. The summed E-state index contributed by atoms with van der Waals surface area (Å²) in [6.45, 7) is 2.97. The van der Waals surface area contributed by atoms with Crippen LogP contribution in [-0.4, -0.2) is 48.8 Å².